The summed E-state index contributed by atoms with van der Waals surface area (Å²) in [6.07, 6.45) is 14.4. The van der Waals surface area contributed by atoms with Gasteiger partial charge in [-0.1, -0.05) is 58.3 Å². The van der Waals surface area contributed by atoms with E-state index in [0.717, 1.165) is 31.6 Å². The highest BCUT2D eigenvalue weighted by Crippen LogP contribution is 2.43. The van der Waals surface area contributed by atoms with Gasteiger partial charge in [0, 0.05) is 0 Å². The molecule has 0 aromatic carbocycles. The number of hydrogen-bond acceptors (Lipinski definition) is 4. The molecule has 0 spiro atoms. The molecule has 0 bridgehead atoms. The van der Waals surface area contributed by atoms with Crippen LogP contribution >= 0.6 is 7.82 Å². The highest BCUT2D eigenvalue weighted by atomic mass is 31.2. The van der Waals surface area contributed by atoms with Crippen LogP contribution in [0.5, 0.6) is 0 Å². The second-order valence-electron chi connectivity index (χ2n) is 8.95. The molecule has 1 atom stereocenters. The fraction of sp³-hybridized carbons (Fsp3) is 1.00. The lowest BCUT2D eigenvalue weighted by Crippen LogP contribution is -2.37. The first kappa shape index (κ1) is 24.1. The molecule has 0 saturated heterocycles. The molecule has 0 radical (unpaired) electrons. The van der Waals surface area contributed by atoms with Gasteiger partial charge in [-0.25, -0.2) is 0 Å². The lowest BCUT2D eigenvalue weighted by Gasteiger charge is -2.33. The summed E-state index contributed by atoms with van der Waals surface area (Å²) in [4.78, 5) is 12.0. The van der Waals surface area contributed by atoms with Crippen LogP contribution in [0.1, 0.15) is 84.0 Å². The number of unbranched alkanes of at least 4 members (excludes halogenated alkanes) is 6. The number of phosphoric acid groups is 1. The molecule has 1 rings (SSSR count). The summed E-state index contributed by atoms with van der Waals surface area (Å²) < 4.78 is 22.9. The minimum absolute atomic E-state index is 0.178. The van der Waals surface area contributed by atoms with E-state index < -0.39 is 7.82 Å². The molecule has 1 aliphatic carbocycles. The molecule has 1 unspecified atom stereocenters. The molecular weight excluding hydrogens is 349 g/mol. The molecule has 0 N–H and O–H groups in total. The van der Waals surface area contributed by atoms with Gasteiger partial charge in [-0.3, -0.25) is 4.57 Å². The Bertz CT molecular complexity index is 403. The Morgan fingerprint density at radius 1 is 0.962 bits per heavy atom. The van der Waals surface area contributed by atoms with Gasteiger partial charge in [0.25, 0.3) is 7.82 Å². The van der Waals surface area contributed by atoms with Crippen molar-refractivity contribution in [3.63, 3.8) is 0 Å². The van der Waals surface area contributed by atoms with Crippen molar-refractivity contribution in [3.8, 4) is 0 Å². The summed E-state index contributed by atoms with van der Waals surface area (Å²) in [5.74, 6) is 0.746. The van der Waals surface area contributed by atoms with Crippen LogP contribution in [0.25, 0.3) is 0 Å². The first-order valence-electron chi connectivity index (χ1n) is 10.7. The lowest BCUT2D eigenvalue weighted by molar-refractivity contribution is -0.870. The number of hydrogen-bond donors (Lipinski definition) is 0. The molecule has 6 heteroatoms. The Hall–Kier alpha value is 0.0700. The van der Waals surface area contributed by atoms with E-state index in [1.165, 1.54) is 51.4 Å². The highest BCUT2D eigenvalue weighted by Gasteiger charge is 2.25. The van der Waals surface area contributed by atoms with Gasteiger partial charge in [0.2, 0.25) is 0 Å². The number of nitrogens with zero attached hydrogens (tertiary/aromatic N) is 1. The Morgan fingerprint density at radius 2 is 1.54 bits per heavy atom. The fourth-order valence-corrected chi connectivity index (χ4v) is 4.50. The maximum absolute atomic E-state index is 12.0. The van der Waals surface area contributed by atoms with Crippen molar-refractivity contribution >= 4 is 7.82 Å². The zero-order chi connectivity index (χ0) is 19.5. The second-order valence-corrected chi connectivity index (χ2v) is 10.3. The molecule has 1 aliphatic rings. The highest BCUT2D eigenvalue weighted by molar-refractivity contribution is 7.45. The van der Waals surface area contributed by atoms with Crippen molar-refractivity contribution in [1.29, 1.82) is 0 Å². The number of rotatable bonds is 14. The van der Waals surface area contributed by atoms with Crippen LogP contribution in [-0.4, -0.2) is 44.9 Å². The smallest absolute Gasteiger partial charge is 0.268 e. The van der Waals surface area contributed by atoms with E-state index in [1.54, 1.807) is 0 Å². The van der Waals surface area contributed by atoms with Crippen LogP contribution in [0.4, 0.5) is 0 Å². The maximum atomic E-state index is 12.0. The zero-order valence-corrected chi connectivity index (χ0v) is 18.5. The standard InChI is InChI=1S/C20H42NO4P/c1-5-6-7-8-9-10-11-12-19-13-15-20(16-14-19)25-26(22,23)24-18-17-21(2,3)4/h19-20H,5-18H2,1-4H3. The molecule has 0 amide bonds. The fourth-order valence-electron chi connectivity index (χ4n) is 3.56. The Morgan fingerprint density at radius 3 is 2.12 bits per heavy atom. The monoisotopic (exact) mass is 391 g/mol. The van der Waals surface area contributed by atoms with E-state index in [1.807, 2.05) is 21.1 Å². The average Bonchev–Trinajstić information content (AvgIpc) is 2.54. The molecule has 0 heterocycles. The summed E-state index contributed by atoms with van der Waals surface area (Å²) in [6.45, 7) is 3.07. The van der Waals surface area contributed by atoms with Crippen molar-refractivity contribution in [2.24, 2.45) is 5.92 Å². The Balaban J connectivity index is 2.10. The third-order valence-corrected chi connectivity index (χ3v) is 6.35. The van der Waals surface area contributed by atoms with E-state index >= 15 is 0 Å². The second kappa shape index (κ2) is 12.5. The average molecular weight is 392 g/mol. The molecule has 0 aromatic rings. The van der Waals surface area contributed by atoms with Gasteiger partial charge in [-0.2, -0.15) is 0 Å². The summed E-state index contributed by atoms with van der Waals surface area (Å²) in [7, 11) is 1.85. The number of likely N-dealkylation sites (N-methyl/N-ethyl adjacent to an activating group) is 1. The third kappa shape index (κ3) is 12.5. The minimum atomic E-state index is -4.17. The lowest BCUT2D eigenvalue weighted by atomic mass is 9.84. The van der Waals surface area contributed by atoms with Crippen LogP contribution in [0.3, 0.4) is 0 Å². The third-order valence-electron chi connectivity index (χ3n) is 5.30. The van der Waals surface area contributed by atoms with E-state index in [2.05, 4.69) is 6.92 Å². The van der Waals surface area contributed by atoms with Crippen molar-refractivity contribution in [2.45, 2.75) is 90.1 Å². The quantitative estimate of drug-likeness (QED) is 0.240. The van der Waals surface area contributed by atoms with Gasteiger partial charge >= 0.3 is 0 Å². The Kier molecular flexibility index (Phi) is 11.6. The topological polar surface area (TPSA) is 58.6 Å². The SMILES string of the molecule is CCCCCCCCCC1CCC(OP(=O)([O-])OCC[N+](C)(C)C)CC1. The molecule has 156 valence electrons. The molecule has 0 aliphatic heterocycles. The number of phosphoric ester groups is 1. The van der Waals surface area contributed by atoms with Crippen molar-refractivity contribution in [2.75, 3.05) is 34.3 Å². The van der Waals surface area contributed by atoms with Gasteiger partial charge in [0.05, 0.1) is 27.2 Å². The van der Waals surface area contributed by atoms with Crippen LogP contribution in [-0.2, 0) is 13.6 Å². The molecule has 0 aromatic heterocycles. The number of quaternary nitrogens is 1. The van der Waals surface area contributed by atoms with E-state index in [9.17, 15) is 9.46 Å². The molecule has 1 saturated carbocycles. The van der Waals surface area contributed by atoms with Gasteiger partial charge in [-0.05, 0) is 31.6 Å². The summed E-state index contributed by atoms with van der Waals surface area (Å²) >= 11 is 0. The Labute approximate surface area is 161 Å². The van der Waals surface area contributed by atoms with Gasteiger partial charge in [0.15, 0.2) is 0 Å². The summed E-state index contributed by atoms with van der Waals surface area (Å²) in [6, 6.07) is 0. The summed E-state index contributed by atoms with van der Waals surface area (Å²) in [5, 5.41) is 0. The van der Waals surface area contributed by atoms with Gasteiger partial charge in [-0.15, -0.1) is 0 Å². The minimum Gasteiger partial charge on any atom is -0.756 e. The molecule has 26 heavy (non-hydrogen) atoms. The largest absolute Gasteiger partial charge is 0.756 e. The van der Waals surface area contributed by atoms with Crippen LogP contribution in [0.15, 0.2) is 0 Å². The first-order valence-corrected chi connectivity index (χ1v) is 12.1. The van der Waals surface area contributed by atoms with Gasteiger partial charge in [0.1, 0.15) is 13.2 Å². The van der Waals surface area contributed by atoms with Crippen molar-refractivity contribution < 1.29 is 23.0 Å². The molecule has 1 fully saturated rings. The van der Waals surface area contributed by atoms with Crippen LogP contribution in [0.2, 0.25) is 0 Å². The predicted molar refractivity (Wildman–Crippen MR) is 106 cm³/mol. The summed E-state index contributed by atoms with van der Waals surface area (Å²) in [5.41, 5.74) is 0. The molecule has 5 nitrogen and oxygen atoms in total. The van der Waals surface area contributed by atoms with Crippen LogP contribution < -0.4 is 4.89 Å². The molecular formula is C20H42NO4P. The maximum Gasteiger partial charge on any atom is 0.268 e. The van der Waals surface area contributed by atoms with Crippen molar-refractivity contribution in [3.05, 3.63) is 0 Å². The van der Waals surface area contributed by atoms with E-state index in [4.69, 9.17) is 9.05 Å². The van der Waals surface area contributed by atoms with Crippen molar-refractivity contribution in [1.82, 2.24) is 0 Å². The van der Waals surface area contributed by atoms with Crippen LogP contribution in [0, 0.1) is 5.92 Å². The predicted octanol–water partition coefficient (Wildman–Crippen LogP) is 4.89. The normalized spacial score (nSPS) is 23.7. The van der Waals surface area contributed by atoms with Gasteiger partial charge < -0.3 is 18.4 Å². The van der Waals surface area contributed by atoms with E-state index in [0.29, 0.717) is 11.0 Å². The first-order chi connectivity index (χ1) is 12.2. The zero-order valence-electron chi connectivity index (χ0n) is 17.6. The van der Waals surface area contributed by atoms with E-state index in [-0.39, 0.29) is 12.7 Å².